The van der Waals surface area contributed by atoms with Crippen LogP contribution in [0.5, 0.6) is 0 Å². The highest BCUT2D eigenvalue weighted by atomic mass is 79.9. The number of carboxylic acids is 1. The minimum absolute atomic E-state index is 0.0516. The molecule has 0 spiro atoms. The van der Waals surface area contributed by atoms with E-state index in [9.17, 15) is 33.9 Å². The Bertz CT molecular complexity index is 6910. The standard InChI is InChI=1S/C18H17BrClN3O2S.C18H15BrClN3O2S.C18H16ClN3O2S.C13H8ClN3OS.C8H8ClNO.C6H4BrN3S.C5H4BrNOS.C5H3BrO2S.C5H8O.CH4O/c2*19-14-9-13(16(24)11-4-6-12(20)7-5-11)17(26-14)18-21-10-23(22-18)15-3-1-2-8-25-15;19-13-6-4-12(5-7-13)16(23)14-8-10-25-17(14)18-20-11-22(21-18)15-3-1-2-9-24-15;14-9-3-1-8(2-4-9)11(18)10-5-6-19-12(10)13-15-7-16-17-13;1-10-8(11)6-2-4-7(9)5-3-6;7-4-1-2-11-5(4)6-8-3-9-10-6;2*6-3-1-2-9-4(3)5(7)8;1-2-4-6-5-3-1;1-2/h4-7,9-10,15-16,24H,1-3,8H2;4-7,9-10,15H,1-3,8H2;4-8,10-11,15H,1-3,9H2;1-7H,(H,15,16,17);2-5H,1H3,(H,10,11);1-3H,(H,8,9,10);1-2H,(H2,7,8);1-2H,(H,7,8);2,4H,1,3,5H2;2H,1H3. The molecular weight excluding hydrogens is 2410 g/mol. The molecule has 21 rings (SSSR count). The third-order valence-corrected chi connectivity index (χ3v) is 32.4. The van der Waals surface area contributed by atoms with Crippen LogP contribution in [0.3, 0.4) is 0 Å². The van der Waals surface area contributed by atoms with E-state index >= 15 is 0 Å². The molecule has 4 aliphatic rings. The van der Waals surface area contributed by atoms with Crippen LogP contribution < -0.4 is 11.1 Å². The number of aliphatic hydroxyl groups excluding tert-OH is 2. The minimum atomic E-state index is -0.878. The number of H-pyrrole nitrogens is 2. The molecule has 3 saturated heterocycles. The largest absolute Gasteiger partial charge is 0.502 e. The summed E-state index contributed by atoms with van der Waals surface area (Å²) in [5.41, 5.74) is 10.7. The van der Waals surface area contributed by atoms with Crippen LogP contribution in [-0.2, 0) is 18.9 Å². The second-order valence-corrected chi connectivity index (χ2v) is 44.3. The summed E-state index contributed by atoms with van der Waals surface area (Å²) in [5, 5.41) is 68.0. The van der Waals surface area contributed by atoms with Gasteiger partial charge in [-0.15, -0.1) is 94.7 Å². The molecule has 47 heteroatoms. The maximum absolute atomic E-state index is 12.9. The number of benzene rings is 5. The Labute approximate surface area is 921 Å². The first-order chi connectivity index (χ1) is 69.7. The third-order valence-electron chi connectivity index (χ3n) is 20.5. The molecule has 4 aliphatic heterocycles. The molecule has 30 nitrogen and oxygen atoms in total. The molecule has 0 bridgehead atoms. The Balaban J connectivity index is 0.000000149. The van der Waals surface area contributed by atoms with E-state index in [2.05, 4.69) is 146 Å². The molecule has 4 unspecified atom stereocenters. The molecule has 144 heavy (non-hydrogen) atoms. The Morgan fingerprint density at radius 3 is 1.20 bits per heavy atom. The van der Waals surface area contributed by atoms with Gasteiger partial charge in [0, 0.05) is 117 Å². The number of allylic oxidation sites excluding steroid dienone is 1. The van der Waals surface area contributed by atoms with Gasteiger partial charge in [0.15, 0.2) is 65.2 Å². The number of aromatic nitrogens is 15. The number of carboxylic acid groups (broad SMARTS) is 1. The monoisotopic (exact) mass is 2490 g/mol. The third kappa shape index (κ3) is 32.9. The topological polar surface area (TPSA) is 413 Å². The summed E-state index contributed by atoms with van der Waals surface area (Å²) >= 11 is 55.9. The maximum atomic E-state index is 12.9. The lowest BCUT2D eigenvalue weighted by Gasteiger charge is -2.22. The van der Waals surface area contributed by atoms with Crippen molar-refractivity contribution in [2.75, 3.05) is 40.6 Å². The molecule has 0 aliphatic carbocycles. The number of rotatable bonds is 19. The molecule has 5 aromatic carbocycles. The van der Waals surface area contributed by atoms with Crippen molar-refractivity contribution in [1.82, 2.24) is 80.0 Å². The zero-order valence-electron chi connectivity index (χ0n) is 75.9. The zero-order chi connectivity index (χ0) is 103. The molecular formula is C97H87Br5Cl5N17O13S7. The van der Waals surface area contributed by atoms with Gasteiger partial charge in [0.1, 0.15) is 47.5 Å². The van der Waals surface area contributed by atoms with Crippen molar-refractivity contribution >= 4 is 252 Å². The molecule has 2 amide bonds. The first kappa shape index (κ1) is 113. The first-order valence-electron chi connectivity index (χ1n) is 43.6. The first-order valence-corrected chi connectivity index (χ1v) is 55.4. The van der Waals surface area contributed by atoms with Crippen molar-refractivity contribution in [2.24, 2.45) is 5.73 Å². The number of halogens is 10. The van der Waals surface area contributed by atoms with E-state index in [1.54, 1.807) is 190 Å². The molecule has 12 aromatic heterocycles. The lowest BCUT2D eigenvalue weighted by molar-refractivity contribution is -0.0396. The number of hydrogen-bond acceptors (Lipinski definition) is 29. The molecule has 16 heterocycles. The van der Waals surface area contributed by atoms with Gasteiger partial charge >= 0.3 is 5.97 Å². The number of amides is 2. The average Bonchev–Trinajstić information content (AvgIpc) is 1.65. The van der Waals surface area contributed by atoms with Crippen molar-refractivity contribution in [3.05, 3.63) is 341 Å². The highest BCUT2D eigenvalue weighted by Crippen LogP contribution is 2.42. The normalized spacial score (nSPS) is 14.5. The van der Waals surface area contributed by atoms with Gasteiger partial charge in [-0.05, 0) is 340 Å². The quantitative estimate of drug-likeness (QED) is 0.0370. The smallest absolute Gasteiger partial charge is 0.347 e. The van der Waals surface area contributed by atoms with Crippen LogP contribution in [0.2, 0.25) is 25.1 Å². The number of ketones is 3. The number of nitrogens with zero attached hydrogens (tertiary/aromatic N) is 13. The Morgan fingerprint density at radius 2 is 0.833 bits per heavy atom. The van der Waals surface area contributed by atoms with Gasteiger partial charge in [0.2, 0.25) is 0 Å². The van der Waals surface area contributed by atoms with E-state index in [1.807, 2.05) is 64.0 Å². The number of carbonyl (C=O) groups is 6. The van der Waals surface area contributed by atoms with Crippen molar-refractivity contribution in [2.45, 2.75) is 95.4 Å². The Kier molecular flexibility index (Phi) is 45.7. The highest BCUT2D eigenvalue weighted by Gasteiger charge is 2.29. The number of nitrogens with two attached hydrogens (primary N) is 1. The summed E-state index contributed by atoms with van der Waals surface area (Å²) in [6.45, 7) is 3.16. The maximum Gasteiger partial charge on any atom is 0.347 e. The van der Waals surface area contributed by atoms with Gasteiger partial charge in [-0.1, -0.05) is 70.1 Å². The molecule has 750 valence electrons. The minimum Gasteiger partial charge on any atom is -0.502 e. The number of nitrogens with one attached hydrogen (secondary N) is 3. The summed E-state index contributed by atoms with van der Waals surface area (Å²) in [4.78, 5) is 96.4. The van der Waals surface area contributed by atoms with Gasteiger partial charge < -0.3 is 45.3 Å². The highest BCUT2D eigenvalue weighted by molar-refractivity contribution is 9.11. The van der Waals surface area contributed by atoms with Gasteiger partial charge in [-0.2, -0.15) is 10.2 Å². The number of thiophene rings is 7. The molecule has 3 fully saturated rings. The van der Waals surface area contributed by atoms with Crippen LogP contribution in [0.25, 0.3) is 53.5 Å². The van der Waals surface area contributed by atoms with E-state index in [-0.39, 0.29) is 47.8 Å². The fourth-order valence-electron chi connectivity index (χ4n) is 13.5. The predicted molar refractivity (Wildman–Crippen MR) is 586 cm³/mol. The average molecular weight is 2500 g/mol. The number of aromatic carboxylic acids is 1. The van der Waals surface area contributed by atoms with Crippen LogP contribution in [-0.4, -0.2) is 166 Å². The number of aromatic amines is 2. The second kappa shape index (κ2) is 58.2. The number of carbonyl (C=O) groups excluding carboxylic acids is 5. The predicted octanol–water partition coefficient (Wildman–Crippen LogP) is 27.3. The molecule has 0 saturated carbocycles. The van der Waals surface area contributed by atoms with Crippen molar-refractivity contribution < 1.29 is 63.0 Å². The number of hydrogen-bond donors (Lipinski definition) is 7. The van der Waals surface area contributed by atoms with Crippen molar-refractivity contribution in [3.63, 3.8) is 0 Å². The SMILES string of the molecule is Brc1ccsc1-c1ncn[nH]1.C1=COCCC1.CNC(=O)c1ccc(Cl)cc1.CO.NC(=O)c1sccc1Br.O=C(O)c1sccc1Br.O=C(c1ccc(Cl)cc1)c1cc(Br)sc1-c1ncn(C2CCCCO2)n1.O=C(c1ccc(Cl)cc1)c1ccsc1-c1ncn(C2CCCCO2)n1.O=C(c1ccc(Cl)cc1)c1ccsc1-c1ncn[nH]1.OC(c1ccc(Cl)cc1)c1cc(Br)sc1-c1ncn(C2CCCCO2)n1. The molecule has 4 atom stereocenters. The summed E-state index contributed by atoms with van der Waals surface area (Å²) < 4.78 is 31.7. The molecule has 0 radical (unpaired) electrons. The fourth-order valence-corrected chi connectivity index (χ4v) is 23.2. The van der Waals surface area contributed by atoms with Crippen LogP contribution in [0.15, 0.2) is 256 Å². The summed E-state index contributed by atoms with van der Waals surface area (Å²) in [7, 11) is 2.59. The van der Waals surface area contributed by atoms with Crippen LogP contribution in [0, 0.1) is 0 Å². The van der Waals surface area contributed by atoms with E-state index in [0.29, 0.717) is 102 Å². The number of ether oxygens (including phenoxy) is 4. The van der Waals surface area contributed by atoms with Gasteiger partial charge in [-0.3, -0.25) is 34.2 Å². The zero-order valence-corrected chi connectivity index (χ0v) is 93.3. The van der Waals surface area contributed by atoms with Crippen LogP contribution in [0.4, 0.5) is 0 Å². The molecule has 17 aromatic rings. The van der Waals surface area contributed by atoms with E-state index in [0.717, 1.165) is 149 Å². The van der Waals surface area contributed by atoms with Crippen LogP contribution >= 0.6 is 217 Å². The van der Waals surface area contributed by atoms with Crippen molar-refractivity contribution in [1.29, 1.82) is 0 Å². The number of primary amides is 1. The van der Waals surface area contributed by atoms with E-state index in [1.165, 1.54) is 93.5 Å². The summed E-state index contributed by atoms with van der Waals surface area (Å²) in [6, 6.07) is 47.4. The Hall–Kier alpha value is -9.69. The summed E-state index contributed by atoms with van der Waals surface area (Å²) in [5.74, 6) is 1.56. The van der Waals surface area contributed by atoms with Crippen LogP contribution in [0.1, 0.15) is 184 Å². The second-order valence-electron chi connectivity index (χ2n) is 30.1. The van der Waals surface area contributed by atoms with E-state index in [4.69, 9.17) is 92.9 Å². The van der Waals surface area contributed by atoms with Gasteiger partial charge in [0.05, 0.1) is 44.8 Å². The fraction of sp³-hybridized carbons (Fsp3) is 0.216. The van der Waals surface area contributed by atoms with Gasteiger partial charge in [-0.25, -0.2) is 43.8 Å². The van der Waals surface area contributed by atoms with E-state index < -0.39 is 12.1 Å². The van der Waals surface area contributed by atoms with Gasteiger partial charge in [0.25, 0.3) is 11.8 Å². The lowest BCUT2D eigenvalue weighted by atomic mass is 10.0. The summed E-state index contributed by atoms with van der Waals surface area (Å²) in [6.07, 6.45) is 22.6. The van der Waals surface area contributed by atoms with Crippen molar-refractivity contribution in [3.8, 4) is 53.5 Å². The number of aliphatic hydroxyl groups is 2. The lowest BCUT2D eigenvalue weighted by Crippen LogP contribution is -2.18. The Morgan fingerprint density at radius 1 is 0.444 bits per heavy atom. The molecule has 8 N–H and O–H groups in total.